The monoisotopic (exact) mass is 1030 g/mol. The summed E-state index contributed by atoms with van der Waals surface area (Å²) >= 11 is 0. The first kappa shape index (κ1) is 55.9. The van der Waals surface area contributed by atoms with Crippen molar-refractivity contribution in [2.45, 2.75) is 59.5 Å². The van der Waals surface area contributed by atoms with Gasteiger partial charge < -0.3 is 45.1 Å². The van der Waals surface area contributed by atoms with Crippen LogP contribution in [-0.4, -0.2) is 114 Å². The lowest BCUT2D eigenvalue weighted by atomic mass is 9.99. The topological polar surface area (TPSA) is 163 Å². The van der Waals surface area contributed by atoms with Crippen LogP contribution < -0.4 is 45.1 Å². The molecule has 2 aliphatic heterocycles. The van der Waals surface area contributed by atoms with E-state index in [1.165, 1.54) is 27.8 Å². The molecule has 2 aliphatic rings. The Kier molecular flexibility index (Phi) is 20.3. The van der Waals surface area contributed by atoms with Crippen LogP contribution in [0.5, 0.6) is 23.0 Å². The van der Waals surface area contributed by atoms with Crippen molar-refractivity contribution in [3.05, 3.63) is 171 Å². The van der Waals surface area contributed by atoms with Gasteiger partial charge in [-0.3, -0.25) is 29.0 Å². The quantitative estimate of drug-likeness (QED) is 0.0544. The number of hydrogen-bond donors (Lipinski definition) is 4. The molecule has 2 heterocycles. The van der Waals surface area contributed by atoms with Gasteiger partial charge >= 0.3 is 0 Å². The zero-order valence-electron chi connectivity index (χ0n) is 45.1. The van der Waals surface area contributed by atoms with Crippen LogP contribution in [-0.2, 0) is 32.4 Å². The normalized spacial score (nSPS) is 12.9. The molecule has 0 bridgehead atoms. The molecular weight excluding hydrogens is 959 g/mol. The van der Waals surface area contributed by atoms with Crippen molar-refractivity contribution in [2.24, 2.45) is 0 Å². The number of para-hydroxylation sites is 2. The zero-order chi connectivity index (χ0) is 54.0. The standard InChI is InChI=1S/C31H38N4O4.C30H35N3O4/c1-5-35(6-2)25-13-11-22(12-14-25)30(36)33-27-10-8-7-9-26(27)31(37)32-16-18-34-17-15-23-19-28(38-3)29(39-4)20-24(23)21-34;1-4-7-21-10-12-22(13-11-21)29(34)32-26-9-6-5-8-25(26)30(35)31-15-17-33-16-14-23-18-27(36-2)28(37-3)19-24(23)20-33/h7-14,19-20H,5-6,15-18,21H2,1-4H3,(H,32,37)(H,33,36);5-6,8-13,18-19H,4,7,14-17,20H2,1-3H3,(H,31,35)(H,32,34). The van der Waals surface area contributed by atoms with Crippen molar-refractivity contribution < 1.29 is 38.1 Å². The number of anilines is 3. The summed E-state index contributed by atoms with van der Waals surface area (Å²) in [5.41, 5.74) is 10.2. The largest absolute Gasteiger partial charge is 0.493 e. The van der Waals surface area contributed by atoms with E-state index in [0.717, 1.165) is 100 Å². The van der Waals surface area contributed by atoms with Gasteiger partial charge in [0.05, 0.1) is 50.9 Å². The highest BCUT2D eigenvalue weighted by Crippen LogP contribution is 2.34. The van der Waals surface area contributed by atoms with E-state index in [2.05, 4.69) is 68.9 Å². The molecule has 6 aromatic rings. The number of ether oxygens (including phenoxy) is 4. The Morgan fingerprint density at radius 2 is 0.895 bits per heavy atom. The van der Waals surface area contributed by atoms with E-state index in [1.807, 2.05) is 72.8 Å². The molecule has 0 spiro atoms. The summed E-state index contributed by atoms with van der Waals surface area (Å²) in [6.07, 6.45) is 3.87. The third kappa shape index (κ3) is 14.5. The second-order valence-electron chi connectivity index (χ2n) is 18.7. The molecule has 0 fully saturated rings. The molecule has 6 aromatic carbocycles. The van der Waals surface area contributed by atoms with Crippen LogP contribution in [0.2, 0.25) is 0 Å². The van der Waals surface area contributed by atoms with Gasteiger partial charge in [-0.15, -0.1) is 0 Å². The van der Waals surface area contributed by atoms with E-state index in [4.69, 9.17) is 18.9 Å². The molecule has 15 nitrogen and oxygen atoms in total. The van der Waals surface area contributed by atoms with E-state index in [-0.39, 0.29) is 23.6 Å². The molecule has 0 saturated carbocycles. The first-order valence-corrected chi connectivity index (χ1v) is 26.2. The summed E-state index contributed by atoms with van der Waals surface area (Å²) < 4.78 is 21.8. The Morgan fingerprint density at radius 1 is 0.500 bits per heavy atom. The lowest BCUT2D eigenvalue weighted by Gasteiger charge is -2.29. The molecule has 4 N–H and O–H groups in total. The highest BCUT2D eigenvalue weighted by molar-refractivity contribution is 6.10. The third-order valence-corrected chi connectivity index (χ3v) is 13.9. The Balaban J connectivity index is 0.000000221. The van der Waals surface area contributed by atoms with Gasteiger partial charge in [0.25, 0.3) is 23.6 Å². The number of nitrogens with one attached hydrogen (secondary N) is 4. The number of carbonyl (C=O) groups excluding carboxylic acids is 4. The van der Waals surface area contributed by atoms with Crippen LogP contribution in [0.3, 0.4) is 0 Å². The van der Waals surface area contributed by atoms with Crippen LogP contribution >= 0.6 is 0 Å². The van der Waals surface area contributed by atoms with Gasteiger partial charge in [-0.05, 0) is 146 Å². The minimum atomic E-state index is -0.250. The highest BCUT2D eigenvalue weighted by Gasteiger charge is 2.23. The second kappa shape index (κ2) is 27.6. The summed E-state index contributed by atoms with van der Waals surface area (Å²) in [5.74, 6) is 2.05. The van der Waals surface area contributed by atoms with Gasteiger partial charge in [-0.25, -0.2) is 0 Å². The fourth-order valence-electron chi connectivity index (χ4n) is 9.60. The molecule has 0 radical (unpaired) electrons. The molecule has 8 rings (SSSR count). The second-order valence-corrected chi connectivity index (χ2v) is 18.7. The number of rotatable bonds is 21. The van der Waals surface area contributed by atoms with Crippen molar-refractivity contribution in [3.63, 3.8) is 0 Å². The van der Waals surface area contributed by atoms with Crippen LogP contribution in [0.25, 0.3) is 0 Å². The maximum absolute atomic E-state index is 13.0. The maximum Gasteiger partial charge on any atom is 0.255 e. The molecule has 0 aromatic heterocycles. The van der Waals surface area contributed by atoms with Gasteiger partial charge in [-0.2, -0.15) is 0 Å². The predicted octanol–water partition coefficient (Wildman–Crippen LogP) is 9.29. The minimum absolute atomic E-state index is 0.210. The van der Waals surface area contributed by atoms with Gasteiger partial charge in [0.2, 0.25) is 0 Å². The van der Waals surface area contributed by atoms with E-state index in [9.17, 15) is 19.2 Å². The summed E-state index contributed by atoms with van der Waals surface area (Å²) in [7, 11) is 6.58. The summed E-state index contributed by atoms with van der Waals surface area (Å²) in [6.45, 7) is 14.0. The Bertz CT molecular complexity index is 2920. The number of fused-ring (bicyclic) bond motifs is 2. The van der Waals surface area contributed by atoms with E-state index in [1.54, 1.807) is 64.8 Å². The highest BCUT2D eigenvalue weighted by atomic mass is 16.5. The zero-order valence-corrected chi connectivity index (χ0v) is 45.1. The van der Waals surface area contributed by atoms with Gasteiger partial charge in [0.1, 0.15) is 0 Å². The summed E-state index contributed by atoms with van der Waals surface area (Å²) in [5, 5.41) is 11.8. The molecule has 0 unspecified atom stereocenters. The van der Waals surface area contributed by atoms with E-state index < -0.39 is 0 Å². The SMILES string of the molecule is CCCc1ccc(C(=O)Nc2ccccc2C(=O)NCCN2CCc3cc(OC)c(OC)cc3C2)cc1.CCN(CC)c1ccc(C(=O)Nc2ccccc2C(=O)NCCN2CCc3cc(OC)c(OC)cc3C2)cc1. The fourth-order valence-corrected chi connectivity index (χ4v) is 9.60. The van der Waals surface area contributed by atoms with Crippen molar-refractivity contribution in [1.29, 1.82) is 0 Å². The first-order chi connectivity index (χ1) is 37.0. The van der Waals surface area contributed by atoms with Crippen LogP contribution in [0.4, 0.5) is 17.1 Å². The average molecular weight is 1030 g/mol. The minimum Gasteiger partial charge on any atom is -0.493 e. The van der Waals surface area contributed by atoms with Gasteiger partial charge in [0.15, 0.2) is 23.0 Å². The lowest BCUT2D eigenvalue weighted by molar-refractivity contribution is 0.0939. The van der Waals surface area contributed by atoms with Crippen LogP contribution in [0.15, 0.2) is 121 Å². The van der Waals surface area contributed by atoms with E-state index in [0.29, 0.717) is 53.3 Å². The number of amides is 4. The smallest absolute Gasteiger partial charge is 0.255 e. The first-order valence-electron chi connectivity index (χ1n) is 26.2. The Hall–Kier alpha value is -7.88. The van der Waals surface area contributed by atoms with Gasteiger partial charge in [0, 0.05) is 82.3 Å². The molecule has 15 heteroatoms. The molecule has 0 atom stereocenters. The number of hydrogen-bond acceptors (Lipinski definition) is 11. The number of benzene rings is 6. The molecule has 400 valence electrons. The van der Waals surface area contributed by atoms with Crippen molar-refractivity contribution in [2.75, 3.05) is 96.3 Å². The summed E-state index contributed by atoms with van der Waals surface area (Å²) in [6, 6.07) is 37.5. The van der Waals surface area contributed by atoms with Crippen LogP contribution in [0.1, 0.15) is 96.4 Å². The average Bonchev–Trinajstić information content (AvgIpc) is 3.45. The van der Waals surface area contributed by atoms with Crippen molar-refractivity contribution in [3.8, 4) is 23.0 Å². The Labute approximate surface area is 447 Å². The summed E-state index contributed by atoms with van der Waals surface area (Å²) in [4.78, 5) is 58.6. The molecule has 76 heavy (non-hydrogen) atoms. The number of methoxy groups -OCH3 is 4. The molecule has 0 aliphatic carbocycles. The number of carbonyl (C=O) groups is 4. The maximum atomic E-state index is 13.0. The number of nitrogens with zero attached hydrogens (tertiary/aromatic N) is 3. The van der Waals surface area contributed by atoms with Crippen LogP contribution in [0, 0.1) is 0 Å². The lowest BCUT2D eigenvalue weighted by Crippen LogP contribution is -2.38. The number of aryl methyl sites for hydroxylation is 1. The van der Waals surface area contributed by atoms with Gasteiger partial charge in [-0.1, -0.05) is 49.7 Å². The predicted molar refractivity (Wildman–Crippen MR) is 301 cm³/mol. The third-order valence-electron chi connectivity index (χ3n) is 13.9. The Morgan fingerprint density at radius 3 is 1.29 bits per heavy atom. The fraction of sp³-hybridized carbons (Fsp3) is 0.344. The molecule has 0 saturated heterocycles. The van der Waals surface area contributed by atoms with Crippen molar-refractivity contribution in [1.82, 2.24) is 20.4 Å². The van der Waals surface area contributed by atoms with Crippen molar-refractivity contribution >= 4 is 40.7 Å². The molecule has 4 amide bonds. The molecular formula is C61H73N7O8. The van der Waals surface area contributed by atoms with E-state index >= 15 is 0 Å².